The molecule has 2 aromatic rings. The standard InChI is InChI=1S/C13H13N5O2/c19-12(8-4-5-8)16-9-2-1-3-10(6-9)17-13(20)11-14-7-15-18-11/h1-3,6-8H,4-5H2,(H,16,19)(H,17,20)(H,14,15,18). The molecule has 2 amide bonds. The van der Waals surface area contributed by atoms with Crippen molar-refractivity contribution in [2.75, 3.05) is 10.6 Å². The fourth-order valence-electron chi connectivity index (χ4n) is 1.77. The third-order valence-electron chi connectivity index (χ3n) is 2.97. The smallest absolute Gasteiger partial charge is 0.292 e. The fraction of sp³-hybridized carbons (Fsp3) is 0.231. The summed E-state index contributed by atoms with van der Waals surface area (Å²) in [5.41, 5.74) is 1.25. The first-order valence-electron chi connectivity index (χ1n) is 6.30. The van der Waals surface area contributed by atoms with Crippen molar-refractivity contribution in [3.63, 3.8) is 0 Å². The number of hydrogen-bond donors (Lipinski definition) is 3. The Labute approximate surface area is 114 Å². The third-order valence-corrected chi connectivity index (χ3v) is 2.97. The molecule has 0 unspecified atom stereocenters. The molecule has 3 rings (SSSR count). The van der Waals surface area contributed by atoms with Gasteiger partial charge in [0.15, 0.2) is 0 Å². The zero-order valence-corrected chi connectivity index (χ0v) is 10.6. The van der Waals surface area contributed by atoms with E-state index in [1.165, 1.54) is 6.33 Å². The molecule has 1 saturated carbocycles. The van der Waals surface area contributed by atoms with Crippen LogP contribution in [-0.4, -0.2) is 27.0 Å². The van der Waals surface area contributed by atoms with Crippen molar-refractivity contribution in [3.05, 3.63) is 36.4 Å². The zero-order valence-electron chi connectivity index (χ0n) is 10.6. The minimum absolute atomic E-state index is 0.0312. The zero-order chi connectivity index (χ0) is 13.9. The molecule has 7 heteroatoms. The van der Waals surface area contributed by atoms with Gasteiger partial charge in [0.25, 0.3) is 5.91 Å². The quantitative estimate of drug-likeness (QED) is 0.782. The van der Waals surface area contributed by atoms with Crippen LogP contribution in [-0.2, 0) is 4.79 Å². The number of nitrogens with one attached hydrogen (secondary N) is 3. The molecule has 102 valence electrons. The first-order valence-corrected chi connectivity index (χ1v) is 6.30. The minimum atomic E-state index is -0.381. The molecule has 1 aromatic heterocycles. The number of rotatable bonds is 4. The number of hydrogen-bond acceptors (Lipinski definition) is 4. The summed E-state index contributed by atoms with van der Waals surface area (Å²) in [5.74, 6) is -0.0725. The molecule has 1 fully saturated rings. The number of anilines is 2. The maximum absolute atomic E-state index is 11.8. The number of amides is 2. The van der Waals surface area contributed by atoms with E-state index in [1.807, 2.05) is 0 Å². The first-order chi connectivity index (χ1) is 9.72. The molecule has 7 nitrogen and oxygen atoms in total. The molecule has 0 aliphatic heterocycles. The number of benzene rings is 1. The monoisotopic (exact) mass is 271 g/mol. The van der Waals surface area contributed by atoms with Crippen molar-refractivity contribution >= 4 is 23.2 Å². The maximum atomic E-state index is 11.8. The molecule has 0 bridgehead atoms. The van der Waals surface area contributed by atoms with Gasteiger partial charge in [0, 0.05) is 17.3 Å². The van der Waals surface area contributed by atoms with E-state index in [2.05, 4.69) is 25.8 Å². The molecular formula is C13H13N5O2. The maximum Gasteiger partial charge on any atom is 0.292 e. The molecule has 0 radical (unpaired) electrons. The van der Waals surface area contributed by atoms with E-state index in [1.54, 1.807) is 24.3 Å². The second kappa shape index (κ2) is 5.12. The van der Waals surface area contributed by atoms with Crippen molar-refractivity contribution in [2.24, 2.45) is 5.92 Å². The summed E-state index contributed by atoms with van der Waals surface area (Å²) in [4.78, 5) is 27.2. The van der Waals surface area contributed by atoms with Crippen LogP contribution in [0.5, 0.6) is 0 Å². The molecule has 20 heavy (non-hydrogen) atoms. The Morgan fingerprint density at radius 1 is 1.20 bits per heavy atom. The lowest BCUT2D eigenvalue weighted by Gasteiger charge is -2.07. The van der Waals surface area contributed by atoms with Crippen LogP contribution in [0.3, 0.4) is 0 Å². The molecule has 1 heterocycles. The van der Waals surface area contributed by atoms with Gasteiger partial charge < -0.3 is 10.6 Å². The molecule has 0 saturated heterocycles. The van der Waals surface area contributed by atoms with E-state index < -0.39 is 0 Å². The number of H-pyrrole nitrogens is 1. The molecule has 3 N–H and O–H groups in total. The van der Waals surface area contributed by atoms with Gasteiger partial charge in [-0.25, -0.2) is 4.98 Å². The molecule has 1 aliphatic carbocycles. The van der Waals surface area contributed by atoms with Crippen molar-refractivity contribution in [1.82, 2.24) is 15.2 Å². The van der Waals surface area contributed by atoms with Gasteiger partial charge in [-0.3, -0.25) is 14.7 Å². The van der Waals surface area contributed by atoms with Gasteiger partial charge in [0.2, 0.25) is 11.7 Å². The summed E-state index contributed by atoms with van der Waals surface area (Å²) < 4.78 is 0. The van der Waals surface area contributed by atoms with E-state index in [4.69, 9.17) is 0 Å². The number of nitrogens with zero attached hydrogens (tertiary/aromatic N) is 2. The molecule has 0 atom stereocenters. The number of carbonyl (C=O) groups excluding carboxylic acids is 2. The van der Waals surface area contributed by atoms with E-state index >= 15 is 0 Å². The Morgan fingerprint density at radius 3 is 2.60 bits per heavy atom. The van der Waals surface area contributed by atoms with Crippen molar-refractivity contribution in [3.8, 4) is 0 Å². The average molecular weight is 271 g/mol. The second-order valence-corrected chi connectivity index (χ2v) is 4.63. The Bertz CT molecular complexity index is 634. The minimum Gasteiger partial charge on any atom is -0.326 e. The summed E-state index contributed by atoms with van der Waals surface area (Å²) >= 11 is 0. The van der Waals surface area contributed by atoms with Crippen LogP contribution in [0.15, 0.2) is 30.6 Å². The van der Waals surface area contributed by atoms with Crippen molar-refractivity contribution in [1.29, 1.82) is 0 Å². The van der Waals surface area contributed by atoms with Crippen LogP contribution in [0.1, 0.15) is 23.5 Å². The van der Waals surface area contributed by atoms with Crippen LogP contribution in [0.4, 0.5) is 11.4 Å². The average Bonchev–Trinajstić information content (AvgIpc) is 3.14. The van der Waals surface area contributed by atoms with E-state index in [0.717, 1.165) is 12.8 Å². The van der Waals surface area contributed by atoms with Crippen LogP contribution >= 0.6 is 0 Å². The van der Waals surface area contributed by atoms with E-state index in [9.17, 15) is 9.59 Å². The van der Waals surface area contributed by atoms with E-state index in [0.29, 0.717) is 11.4 Å². The highest BCUT2D eigenvalue weighted by Gasteiger charge is 2.29. The summed E-state index contributed by atoms with van der Waals surface area (Å²) in [7, 11) is 0. The number of aromatic amines is 1. The number of carbonyl (C=O) groups is 2. The van der Waals surface area contributed by atoms with Crippen LogP contribution in [0, 0.1) is 5.92 Å². The lowest BCUT2D eigenvalue weighted by atomic mass is 10.2. The lowest BCUT2D eigenvalue weighted by molar-refractivity contribution is -0.117. The van der Waals surface area contributed by atoms with Crippen molar-refractivity contribution < 1.29 is 9.59 Å². The lowest BCUT2D eigenvalue weighted by Crippen LogP contribution is -2.15. The predicted octanol–water partition coefficient (Wildman–Crippen LogP) is 1.41. The summed E-state index contributed by atoms with van der Waals surface area (Å²) in [6, 6.07) is 6.98. The Balaban J connectivity index is 1.67. The second-order valence-electron chi connectivity index (χ2n) is 4.63. The Morgan fingerprint density at radius 2 is 1.95 bits per heavy atom. The first kappa shape index (κ1) is 12.3. The van der Waals surface area contributed by atoms with Gasteiger partial charge in [0.05, 0.1) is 0 Å². The van der Waals surface area contributed by atoms with Crippen LogP contribution < -0.4 is 10.6 Å². The SMILES string of the molecule is O=C(Nc1cccc(NC(=O)C2CC2)c1)c1ncn[nH]1. The largest absolute Gasteiger partial charge is 0.326 e. The molecule has 1 aliphatic rings. The van der Waals surface area contributed by atoms with Gasteiger partial charge in [-0.05, 0) is 31.0 Å². The highest BCUT2D eigenvalue weighted by molar-refractivity contribution is 6.02. The normalized spacial score (nSPS) is 13.8. The van der Waals surface area contributed by atoms with Gasteiger partial charge in [-0.1, -0.05) is 6.07 Å². The highest BCUT2D eigenvalue weighted by Crippen LogP contribution is 2.30. The van der Waals surface area contributed by atoms with Crippen LogP contribution in [0.2, 0.25) is 0 Å². The highest BCUT2D eigenvalue weighted by atomic mass is 16.2. The molecule has 0 spiro atoms. The summed E-state index contributed by atoms with van der Waals surface area (Å²) in [6.45, 7) is 0. The third kappa shape index (κ3) is 2.82. The topological polar surface area (TPSA) is 99.8 Å². The van der Waals surface area contributed by atoms with Gasteiger partial charge >= 0.3 is 0 Å². The molecular weight excluding hydrogens is 258 g/mol. The predicted molar refractivity (Wildman–Crippen MR) is 72.1 cm³/mol. The number of aromatic nitrogens is 3. The van der Waals surface area contributed by atoms with Gasteiger partial charge in [-0.15, -0.1) is 0 Å². The molecule has 1 aromatic carbocycles. The van der Waals surface area contributed by atoms with Gasteiger partial charge in [0.1, 0.15) is 6.33 Å². The van der Waals surface area contributed by atoms with Gasteiger partial charge in [-0.2, -0.15) is 5.10 Å². The Kier molecular flexibility index (Phi) is 3.16. The summed E-state index contributed by atoms with van der Waals surface area (Å²) in [6.07, 6.45) is 3.17. The van der Waals surface area contributed by atoms with Crippen molar-refractivity contribution in [2.45, 2.75) is 12.8 Å². The van der Waals surface area contributed by atoms with E-state index in [-0.39, 0.29) is 23.6 Å². The fourth-order valence-corrected chi connectivity index (χ4v) is 1.77. The summed E-state index contributed by atoms with van der Waals surface area (Å²) in [5, 5.41) is 11.6. The van der Waals surface area contributed by atoms with Crippen LogP contribution in [0.25, 0.3) is 0 Å². The Hall–Kier alpha value is -2.70.